The third-order valence-corrected chi connectivity index (χ3v) is 9.26. The van der Waals surface area contributed by atoms with Gasteiger partial charge in [-0.2, -0.15) is 0 Å². The van der Waals surface area contributed by atoms with Crippen LogP contribution < -0.4 is 15.4 Å². The molecule has 0 saturated heterocycles. The lowest BCUT2D eigenvalue weighted by Gasteiger charge is -2.28. The normalized spacial score (nSPS) is 12.7. The van der Waals surface area contributed by atoms with Crippen molar-refractivity contribution in [3.05, 3.63) is 107 Å². The number of β-amino-alcohol motifs (C(OH)–C–C–N with tert-alkyl or cyclic N) is 1. The van der Waals surface area contributed by atoms with E-state index in [2.05, 4.69) is 44.0 Å². The van der Waals surface area contributed by atoms with Crippen molar-refractivity contribution in [3.8, 4) is 0 Å². The molecule has 0 saturated carbocycles. The molecule has 10 nitrogen and oxygen atoms in total. The Balaban J connectivity index is 1.15. The number of nitrogens with one attached hydrogen (secondary N) is 3. The lowest BCUT2D eigenvalue weighted by Crippen LogP contribution is -2.42. The van der Waals surface area contributed by atoms with Crippen molar-refractivity contribution >= 4 is 43.9 Å². The van der Waals surface area contributed by atoms with Gasteiger partial charge < -0.3 is 20.3 Å². The monoisotopic (exact) mass is 618 g/mol. The lowest BCUT2D eigenvalue weighted by atomic mass is 9.99. The summed E-state index contributed by atoms with van der Waals surface area (Å²) in [5.41, 5.74) is 3.95. The van der Waals surface area contributed by atoms with Gasteiger partial charge in [0.15, 0.2) is 0 Å². The van der Waals surface area contributed by atoms with Crippen molar-refractivity contribution in [1.82, 2.24) is 25.4 Å². The quantitative estimate of drug-likeness (QED) is 0.150. The molecule has 224 valence electrons. The molecule has 0 aliphatic rings. The number of anilines is 1. The van der Waals surface area contributed by atoms with Crippen molar-refractivity contribution in [2.75, 3.05) is 11.3 Å². The summed E-state index contributed by atoms with van der Waals surface area (Å²) in [6.45, 7) is 5.53. The Kier molecular flexibility index (Phi) is 9.21. The second-order valence-corrected chi connectivity index (χ2v) is 13.5. The second kappa shape index (κ2) is 13.0. The number of hydrogen-bond donors (Lipinski definition) is 4. The van der Waals surface area contributed by atoms with E-state index in [0.29, 0.717) is 29.9 Å². The van der Waals surface area contributed by atoms with Gasteiger partial charge >= 0.3 is 0 Å². The number of carbonyl (C=O) groups is 1. The summed E-state index contributed by atoms with van der Waals surface area (Å²) in [5, 5.41) is 26.7. The SMILES string of the molecule is CC(C)(CCn1ccc2cc(C(=O)NCc3nncs3)ccc21)NC[C@H](O)c1cccc(NS(=O)(=O)c2ccccc2)c1. The number of aliphatic hydroxyl groups excluding tert-OH is 1. The van der Waals surface area contributed by atoms with Gasteiger partial charge in [0.1, 0.15) is 10.5 Å². The number of hydrogen-bond acceptors (Lipinski definition) is 8. The van der Waals surface area contributed by atoms with E-state index in [4.69, 9.17) is 0 Å². The highest BCUT2D eigenvalue weighted by atomic mass is 32.2. The largest absolute Gasteiger partial charge is 0.387 e. The second-order valence-electron chi connectivity index (χ2n) is 10.9. The highest BCUT2D eigenvalue weighted by Gasteiger charge is 2.21. The van der Waals surface area contributed by atoms with Crippen molar-refractivity contribution in [2.45, 2.75) is 49.9 Å². The Morgan fingerprint density at radius 2 is 1.86 bits per heavy atom. The van der Waals surface area contributed by atoms with E-state index in [1.54, 1.807) is 48.0 Å². The number of aryl methyl sites for hydroxylation is 1. The number of aromatic nitrogens is 3. The van der Waals surface area contributed by atoms with Crippen LogP contribution in [0.4, 0.5) is 5.69 Å². The molecular formula is C31H34N6O4S2. The van der Waals surface area contributed by atoms with E-state index in [0.717, 1.165) is 28.9 Å². The van der Waals surface area contributed by atoms with Crippen LogP contribution in [0.2, 0.25) is 0 Å². The van der Waals surface area contributed by atoms with Crippen LogP contribution in [-0.4, -0.2) is 46.3 Å². The number of fused-ring (bicyclic) bond motifs is 1. The molecule has 4 N–H and O–H groups in total. The van der Waals surface area contributed by atoms with Gasteiger partial charge in [0, 0.05) is 47.0 Å². The van der Waals surface area contributed by atoms with Gasteiger partial charge in [-0.3, -0.25) is 9.52 Å². The van der Waals surface area contributed by atoms with Crippen LogP contribution in [-0.2, 0) is 23.1 Å². The Bertz CT molecular complexity index is 1790. The number of carbonyl (C=O) groups excluding carboxylic acids is 1. The molecule has 1 atom stereocenters. The van der Waals surface area contributed by atoms with Gasteiger partial charge in [0.25, 0.3) is 15.9 Å². The Hall–Kier alpha value is -4.10. The molecule has 0 spiro atoms. The molecule has 12 heteroatoms. The number of sulfonamides is 1. The number of benzene rings is 3. The molecule has 5 aromatic rings. The Morgan fingerprint density at radius 3 is 2.63 bits per heavy atom. The zero-order valence-electron chi connectivity index (χ0n) is 23.9. The van der Waals surface area contributed by atoms with Crippen molar-refractivity contribution in [1.29, 1.82) is 0 Å². The predicted octanol–water partition coefficient (Wildman–Crippen LogP) is 4.72. The summed E-state index contributed by atoms with van der Waals surface area (Å²) < 4.78 is 30.1. The van der Waals surface area contributed by atoms with Crippen LogP contribution in [0.1, 0.15) is 47.3 Å². The van der Waals surface area contributed by atoms with E-state index in [1.165, 1.54) is 23.5 Å². The molecule has 43 heavy (non-hydrogen) atoms. The molecule has 1 amide bonds. The number of nitrogens with zero attached hydrogens (tertiary/aromatic N) is 3. The summed E-state index contributed by atoms with van der Waals surface area (Å²) >= 11 is 1.40. The topological polar surface area (TPSA) is 138 Å². The fourth-order valence-corrected chi connectivity index (χ4v) is 6.21. The van der Waals surface area contributed by atoms with E-state index >= 15 is 0 Å². The van der Waals surface area contributed by atoms with Crippen LogP contribution in [0.15, 0.2) is 95.5 Å². The van der Waals surface area contributed by atoms with Crippen LogP contribution in [0.3, 0.4) is 0 Å². The van der Waals surface area contributed by atoms with Gasteiger partial charge in [-0.15, -0.1) is 21.5 Å². The lowest BCUT2D eigenvalue weighted by molar-refractivity contribution is 0.0951. The van der Waals surface area contributed by atoms with Gasteiger partial charge in [0.05, 0.1) is 17.5 Å². The molecule has 3 aromatic carbocycles. The molecule has 5 rings (SSSR count). The third kappa shape index (κ3) is 7.85. The first-order chi connectivity index (χ1) is 20.6. The summed E-state index contributed by atoms with van der Waals surface area (Å²) in [6.07, 6.45) is 1.97. The molecule has 0 aliphatic heterocycles. The molecule has 2 heterocycles. The van der Waals surface area contributed by atoms with Gasteiger partial charge in [0.2, 0.25) is 0 Å². The van der Waals surface area contributed by atoms with E-state index in [1.807, 2.05) is 30.5 Å². The van der Waals surface area contributed by atoms with Crippen molar-refractivity contribution < 1.29 is 18.3 Å². The van der Waals surface area contributed by atoms with Crippen LogP contribution in [0.25, 0.3) is 10.9 Å². The van der Waals surface area contributed by atoms with Crippen LogP contribution in [0, 0.1) is 0 Å². The molecule has 0 bridgehead atoms. The Labute approximate surface area is 254 Å². The maximum atomic E-state index is 12.7. The summed E-state index contributed by atoms with van der Waals surface area (Å²) in [6, 6.07) is 22.6. The molecule has 0 unspecified atom stereocenters. The maximum Gasteiger partial charge on any atom is 0.261 e. The minimum atomic E-state index is -3.73. The Morgan fingerprint density at radius 1 is 1.05 bits per heavy atom. The summed E-state index contributed by atoms with van der Waals surface area (Å²) in [7, 11) is -3.73. The molecule has 2 aromatic heterocycles. The highest BCUT2D eigenvalue weighted by molar-refractivity contribution is 7.92. The van der Waals surface area contributed by atoms with Crippen LogP contribution in [0.5, 0.6) is 0 Å². The molecule has 0 fully saturated rings. The standard InChI is InChI=1S/C31H34N6O4S2/c1-31(2,33-19-28(38)23-7-6-8-25(18-23)36-43(40,41)26-9-4-3-5-10-26)14-16-37-15-13-22-17-24(11-12-27(22)37)30(39)32-20-29-35-34-21-42-29/h3-13,15,17-18,21,28,33,36,38H,14,16,19-20H2,1-2H3,(H,32,39)/t28-/m0/s1. The summed E-state index contributed by atoms with van der Waals surface area (Å²) in [5.74, 6) is -0.159. The third-order valence-electron chi connectivity index (χ3n) is 7.17. The molecule has 0 aliphatic carbocycles. The van der Waals surface area contributed by atoms with E-state index in [9.17, 15) is 18.3 Å². The fraction of sp³-hybridized carbons (Fsp3) is 0.258. The number of rotatable bonds is 13. The van der Waals surface area contributed by atoms with Crippen molar-refractivity contribution in [3.63, 3.8) is 0 Å². The first kappa shape index (κ1) is 30.4. The minimum Gasteiger partial charge on any atom is -0.387 e. The maximum absolute atomic E-state index is 12.7. The van der Waals surface area contributed by atoms with Gasteiger partial charge in [-0.1, -0.05) is 30.3 Å². The highest BCUT2D eigenvalue weighted by Crippen LogP contribution is 2.23. The smallest absolute Gasteiger partial charge is 0.261 e. The van der Waals surface area contributed by atoms with Gasteiger partial charge in [-0.25, -0.2) is 8.42 Å². The zero-order chi connectivity index (χ0) is 30.5. The average molecular weight is 619 g/mol. The fourth-order valence-electron chi connectivity index (χ4n) is 4.67. The average Bonchev–Trinajstić information content (AvgIpc) is 3.68. The molecule has 0 radical (unpaired) electrons. The molecular weight excluding hydrogens is 585 g/mol. The zero-order valence-corrected chi connectivity index (χ0v) is 25.5. The van der Waals surface area contributed by atoms with E-state index in [-0.39, 0.29) is 16.3 Å². The number of aliphatic hydroxyl groups is 1. The van der Waals surface area contributed by atoms with Crippen LogP contribution >= 0.6 is 11.3 Å². The van der Waals surface area contributed by atoms with Crippen molar-refractivity contribution in [2.24, 2.45) is 0 Å². The first-order valence-electron chi connectivity index (χ1n) is 13.8. The number of amides is 1. The first-order valence-corrected chi connectivity index (χ1v) is 16.2. The predicted molar refractivity (Wildman–Crippen MR) is 168 cm³/mol. The minimum absolute atomic E-state index is 0.159. The van der Waals surface area contributed by atoms with Gasteiger partial charge in [-0.05, 0) is 74.4 Å². The summed E-state index contributed by atoms with van der Waals surface area (Å²) in [4.78, 5) is 12.8. The van der Waals surface area contributed by atoms with E-state index < -0.39 is 16.1 Å².